The molecule has 0 spiro atoms. The number of nitrogens with zero attached hydrogens (tertiary/aromatic N) is 2. The fourth-order valence-electron chi connectivity index (χ4n) is 1.38. The average Bonchev–Trinajstić information content (AvgIpc) is 3.17. The number of nitriles is 2. The summed E-state index contributed by atoms with van der Waals surface area (Å²) in [7, 11) is 0. The molecular weight excluding hydrogens is 278 g/mol. The van der Waals surface area contributed by atoms with Crippen molar-refractivity contribution < 1.29 is 9.53 Å². The van der Waals surface area contributed by atoms with Crippen LogP contribution in [0.15, 0.2) is 0 Å². The summed E-state index contributed by atoms with van der Waals surface area (Å²) in [5.74, 6) is -0.258. The molecular formula is C14H22ClN3O2. The molecule has 0 aromatic heterocycles. The Kier molecular flexibility index (Phi) is 6.02. The largest absolute Gasteiger partial charge is 0.460 e. The second kappa shape index (κ2) is 6.43. The van der Waals surface area contributed by atoms with E-state index in [1.54, 1.807) is 0 Å². The van der Waals surface area contributed by atoms with Crippen LogP contribution >= 0.6 is 12.4 Å². The van der Waals surface area contributed by atoms with E-state index in [0.29, 0.717) is 0 Å². The monoisotopic (exact) mass is 299 g/mol. The molecule has 0 unspecified atom stereocenters. The zero-order valence-electron chi connectivity index (χ0n) is 12.2. The zero-order chi connectivity index (χ0) is 14.7. The smallest absolute Gasteiger partial charge is 0.307 e. The number of hydrogen-bond donors (Lipinski definition) is 1. The van der Waals surface area contributed by atoms with E-state index >= 15 is 0 Å². The summed E-state index contributed by atoms with van der Waals surface area (Å²) in [5, 5.41) is 16.8. The van der Waals surface area contributed by atoms with Gasteiger partial charge in [0.2, 0.25) is 0 Å². The zero-order valence-corrected chi connectivity index (χ0v) is 13.0. The van der Waals surface area contributed by atoms with Crippen molar-refractivity contribution in [1.29, 1.82) is 10.5 Å². The maximum Gasteiger partial charge on any atom is 0.307 e. The lowest BCUT2D eigenvalue weighted by Crippen LogP contribution is -2.25. The van der Waals surface area contributed by atoms with E-state index in [0.717, 1.165) is 25.7 Å². The van der Waals surface area contributed by atoms with E-state index in [2.05, 4.69) is 6.07 Å². The minimum Gasteiger partial charge on any atom is -0.460 e. The van der Waals surface area contributed by atoms with Crippen molar-refractivity contribution in [2.75, 3.05) is 0 Å². The lowest BCUT2D eigenvalue weighted by Gasteiger charge is -2.20. The van der Waals surface area contributed by atoms with E-state index in [1.807, 2.05) is 26.8 Å². The highest BCUT2D eigenvalue weighted by atomic mass is 35.5. The topological polar surface area (TPSA) is 99.9 Å². The molecule has 6 heteroatoms. The molecule has 0 aromatic rings. The summed E-state index contributed by atoms with van der Waals surface area (Å²) in [6.07, 6.45) is 3.71. The Morgan fingerprint density at radius 2 is 1.70 bits per heavy atom. The van der Waals surface area contributed by atoms with Crippen molar-refractivity contribution in [2.45, 2.75) is 64.0 Å². The molecule has 2 N–H and O–H groups in total. The molecule has 0 atom stereocenters. The molecule has 2 aliphatic carbocycles. The van der Waals surface area contributed by atoms with Gasteiger partial charge in [-0.15, -0.1) is 12.4 Å². The number of ether oxygens (including phenoxy) is 1. The first-order chi connectivity index (χ1) is 8.64. The molecule has 0 heterocycles. The predicted octanol–water partition coefficient (Wildman–Crippen LogP) is 2.45. The molecule has 2 rings (SSSR count). The van der Waals surface area contributed by atoms with Gasteiger partial charge in [0, 0.05) is 0 Å². The van der Waals surface area contributed by atoms with Crippen LogP contribution in [-0.4, -0.2) is 17.1 Å². The molecule has 112 valence electrons. The molecule has 0 radical (unpaired) electrons. The summed E-state index contributed by atoms with van der Waals surface area (Å²) >= 11 is 0. The number of carbonyl (C=O) groups is 1. The minimum absolute atomic E-state index is 0. The standard InChI is InChI=1S/C10H15NO2.C4H6N2.ClH/c1-9(2,3)13-8(12)6-10(7-11)4-5-10;5-3-4(6)1-2-4;/h4-6H2,1-3H3;1-2,6H2;1H. The third-order valence-corrected chi connectivity index (χ3v) is 3.00. The Labute approximate surface area is 126 Å². The normalized spacial score (nSPS) is 19.9. The second-order valence-electron chi connectivity index (χ2n) is 6.42. The lowest BCUT2D eigenvalue weighted by atomic mass is 10.1. The third kappa shape index (κ3) is 6.75. The Balaban J connectivity index is 0.000000434. The van der Waals surface area contributed by atoms with Crippen LogP contribution in [0.1, 0.15) is 52.9 Å². The Morgan fingerprint density at radius 1 is 1.20 bits per heavy atom. The number of carbonyl (C=O) groups excluding carboxylic acids is 1. The Morgan fingerprint density at radius 3 is 1.90 bits per heavy atom. The van der Waals surface area contributed by atoms with E-state index < -0.39 is 11.1 Å². The van der Waals surface area contributed by atoms with Crippen LogP contribution in [0, 0.1) is 28.1 Å². The van der Waals surface area contributed by atoms with Crippen molar-refractivity contribution >= 4 is 18.4 Å². The lowest BCUT2D eigenvalue weighted by molar-refractivity contribution is -0.155. The van der Waals surface area contributed by atoms with Crippen molar-refractivity contribution in [3.8, 4) is 12.1 Å². The Hall–Kier alpha value is -1.30. The fourth-order valence-corrected chi connectivity index (χ4v) is 1.38. The quantitative estimate of drug-likeness (QED) is 0.789. The van der Waals surface area contributed by atoms with Gasteiger partial charge in [-0.1, -0.05) is 0 Å². The highest BCUT2D eigenvalue weighted by Gasteiger charge is 2.45. The van der Waals surface area contributed by atoms with Gasteiger partial charge in [-0.25, -0.2) is 0 Å². The molecule has 5 nitrogen and oxygen atoms in total. The number of halogens is 1. The minimum atomic E-state index is -0.442. The summed E-state index contributed by atoms with van der Waals surface area (Å²) in [6, 6.07) is 4.16. The maximum absolute atomic E-state index is 11.3. The summed E-state index contributed by atoms with van der Waals surface area (Å²) in [6.45, 7) is 5.49. The van der Waals surface area contributed by atoms with Gasteiger partial charge < -0.3 is 10.5 Å². The molecule has 0 saturated heterocycles. The predicted molar refractivity (Wildman–Crippen MR) is 76.8 cm³/mol. The van der Waals surface area contributed by atoms with Crippen LogP contribution in [-0.2, 0) is 9.53 Å². The van der Waals surface area contributed by atoms with E-state index in [9.17, 15) is 4.79 Å². The van der Waals surface area contributed by atoms with Gasteiger partial charge in [-0.05, 0) is 46.5 Å². The number of hydrogen-bond acceptors (Lipinski definition) is 5. The van der Waals surface area contributed by atoms with Crippen LogP contribution < -0.4 is 5.73 Å². The van der Waals surface area contributed by atoms with Gasteiger partial charge in [0.25, 0.3) is 0 Å². The third-order valence-electron chi connectivity index (χ3n) is 3.00. The van der Waals surface area contributed by atoms with Crippen LogP contribution in [0.4, 0.5) is 0 Å². The van der Waals surface area contributed by atoms with Gasteiger partial charge in [0.05, 0.1) is 24.0 Å². The van der Waals surface area contributed by atoms with E-state index in [4.69, 9.17) is 21.0 Å². The van der Waals surface area contributed by atoms with E-state index in [1.165, 1.54) is 0 Å². The molecule has 0 aromatic carbocycles. The first kappa shape index (κ1) is 18.7. The van der Waals surface area contributed by atoms with E-state index in [-0.39, 0.29) is 30.2 Å². The van der Waals surface area contributed by atoms with Crippen LogP contribution in [0.25, 0.3) is 0 Å². The number of rotatable bonds is 2. The molecule has 0 amide bonds. The van der Waals surface area contributed by atoms with Gasteiger partial charge in [0.15, 0.2) is 0 Å². The molecule has 2 fully saturated rings. The molecule has 20 heavy (non-hydrogen) atoms. The van der Waals surface area contributed by atoms with Crippen molar-refractivity contribution in [3.63, 3.8) is 0 Å². The molecule has 0 aliphatic heterocycles. The summed E-state index contributed by atoms with van der Waals surface area (Å²) in [5.41, 5.74) is 4.05. The van der Waals surface area contributed by atoms with Gasteiger partial charge in [-0.2, -0.15) is 10.5 Å². The maximum atomic E-state index is 11.3. The van der Waals surface area contributed by atoms with Crippen molar-refractivity contribution in [1.82, 2.24) is 0 Å². The second-order valence-corrected chi connectivity index (χ2v) is 6.42. The van der Waals surface area contributed by atoms with Crippen LogP contribution in [0.2, 0.25) is 0 Å². The van der Waals surface area contributed by atoms with Crippen molar-refractivity contribution in [3.05, 3.63) is 0 Å². The fraction of sp³-hybridized carbons (Fsp3) is 0.786. The van der Waals surface area contributed by atoms with Gasteiger partial charge >= 0.3 is 5.97 Å². The number of nitrogens with two attached hydrogens (primary N) is 1. The molecule has 2 saturated carbocycles. The first-order valence-electron chi connectivity index (χ1n) is 6.47. The SMILES string of the molecule is CC(C)(C)OC(=O)CC1(C#N)CC1.Cl.N#CC1(N)CC1. The highest BCUT2D eigenvalue weighted by Crippen LogP contribution is 2.48. The van der Waals surface area contributed by atoms with Crippen LogP contribution in [0.3, 0.4) is 0 Å². The highest BCUT2D eigenvalue weighted by molar-refractivity contribution is 5.85. The van der Waals surface area contributed by atoms with Gasteiger partial charge in [-0.3, -0.25) is 4.79 Å². The Bertz CT molecular complexity index is 435. The van der Waals surface area contributed by atoms with Crippen LogP contribution in [0.5, 0.6) is 0 Å². The van der Waals surface area contributed by atoms with Gasteiger partial charge in [0.1, 0.15) is 11.1 Å². The molecule has 2 aliphatic rings. The first-order valence-corrected chi connectivity index (χ1v) is 6.47. The summed E-state index contributed by atoms with van der Waals surface area (Å²) < 4.78 is 5.13. The average molecular weight is 300 g/mol. The number of esters is 1. The van der Waals surface area contributed by atoms with Crippen molar-refractivity contribution in [2.24, 2.45) is 11.1 Å². The molecule has 0 bridgehead atoms. The summed E-state index contributed by atoms with van der Waals surface area (Å²) in [4.78, 5) is 11.3.